The molecule has 92 valence electrons. The number of carbonyl (C=O) groups is 1. The van der Waals surface area contributed by atoms with Gasteiger partial charge in [0.15, 0.2) is 5.11 Å². The average Bonchev–Trinajstić information content (AvgIpc) is 2.48. The van der Waals surface area contributed by atoms with Gasteiger partial charge in [0.25, 0.3) is 0 Å². The number of amides is 1. The molecule has 16 heavy (non-hydrogen) atoms. The molecule has 1 aliphatic rings. The Hall–Kier alpha value is -1.04. The van der Waals surface area contributed by atoms with E-state index in [0.717, 1.165) is 6.42 Å². The fourth-order valence-corrected chi connectivity index (χ4v) is 2.09. The number of nitrogens with zero attached hydrogens (tertiary/aromatic N) is 1. The number of likely N-dealkylation sites (tertiary alicyclic amines) is 1. The summed E-state index contributed by atoms with van der Waals surface area (Å²) in [5.41, 5.74) is -0.0742. The Morgan fingerprint density at radius 1 is 1.50 bits per heavy atom. The van der Waals surface area contributed by atoms with Gasteiger partial charge in [-0.1, -0.05) is 0 Å². The van der Waals surface area contributed by atoms with Crippen LogP contribution in [-0.2, 0) is 0 Å². The molecule has 1 rings (SSSR count). The van der Waals surface area contributed by atoms with Crippen molar-refractivity contribution in [3.05, 3.63) is 0 Å². The van der Waals surface area contributed by atoms with Gasteiger partial charge in [-0.25, -0.2) is 4.79 Å². The van der Waals surface area contributed by atoms with E-state index in [9.17, 15) is 4.79 Å². The van der Waals surface area contributed by atoms with Crippen LogP contribution in [0.25, 0.3) is 0 Å². The van der Waals surface area contributed by atoms with Gasteiger partial charge >= 0.3 is 6.09 Å². The third-order valence-corrected chi connectivity index (χ3v) is 2.50. The van der Waals surface area contributed by atoms with E-state index in [1.807, 2.05) is 20.8 Å². The van der Waals surface area contributed by atoms with Crippen molar-refractivity contribution in [1.82, 2.24) is 15.5 Å². The Kier molecular flexibility index (Phi) is 3.96. The average molecular weight is 245 g/mol. The third kappa shape index (κ3) is 4.22. The van der Waals surface area contributed by atoms with Crippen LogP contribution < -0.4 is 10.6 Å². The summed E-state index contributed by atoms with van der Waals surface area (Å²) in [6, 6.07) is 0.124. The smallest absolute Gasteiger partial charge is 0.407 e. The molecule has 1 fully saturated rings. The normalized spacial score (nSPS) is 20.7. The van der Waals surface area contributed by atoms with E-state index in [2.05, 4.69) is 10.6 Å². The third-order valence-electron chi connectivity index (χ3n) is 2.28. The summed E-state index contributed by atoms with van der Waals surface area (Å²) in [7, 11) is 0. The molecule has 0 bridgehead atoms. The summed E-state index contributed by atoms with van der Waals surface area (Å²) in [6.07, 6.45) is -0.0582. The molecule has 0 aromatic rings. The molecule has 6 heteroatoms. The predicted molar refractivity (Wildman–Crippen MR) is 66.6 cm³/mol. The van der Waals surface area contributed by atoms with E-state index in [-0.39, 0.29) is 11.6 Å². The van der Waals surface area contributed by atoms with Gasteiger partial charge in [-0.2, -0.15) is 0 Å². The van der Waals surface area contributed by atoms with Crippen molar-refractivity contribution >= 4 is 23.4 Å². The molecule has 0 aromatic carbocycles. The lowest BCUT2D eigenvalue weighted by Gasteiger charge is -2.25. The minimum absolute atomic E-state index is 0.0742. The number of thiocarbonyl (C=S) groups is 1. The summed E-state index contributed by atoms with van der Waals surface area (Å²) < 4.78 is 0. The van der Waals surface area contributed by atoms with Crippen molar-refractivity contribution in [2.24, 2.45) is 0 Å². The molecule has 1 saturated heterocycles. The first-order chi connectivity index (χ1) is 7.28. The highest BCUT2D eigenvalue weighted by atomic mass is 32.1. The van der Waals surface area contributed by atoms with Gasteiger partial charge in [0.05, 0.1) is 0 Å². The summed E-state index contributed by atoms with van der Waals surface area (Å²) in [5.74, 6) is 0. The van der Waals surface area contributed by atoms with E-state index in [4.69, 9.17) is 17.3 Å². The van der Waals surface area contributed by atoms with E-state index < -0.39 is 6.09 Å². The van der Waals surface area contributed by atoms with Crippen LogP contribution in [0.15, 0.2) is 0 Å². The second-order valence-electron chi connectivity index (χ2n) is 5.06. The minimum Gasteiger partial charge on any atom is -0.465 e. The molecule has 0 unspecified atom stereocenters. The number of nitrogens with one attached hydrogen (secondary N) is 2. The highest BCUT2D eigenvalue weighted by Crippen LogP contribution is 2.09. The zero-order valence-corrected chi connectivity index (χ0v) is 10.7. The first kappa shape index (κ1) is 13.0. The van der Waals surface area contributed by atoms with Crippen molar-refractivity contribution in [1.29, 1.82) is 0 Å². The fourth-order valence-electron chi connectivity index (χ4n) is 1.61. The second-order valence-corrected chi connectivity index (χ2v) is 5.47. The lowest BCUT2D eigenvalue weighted by atomic mass is 10.1. The molecule has 1 heterocycles. The summed E-state index contributed by atoms with van der Waals surface area (Å²) >= 11 is 5.15. The first-order valence-corrected chi connectivity index (χ1v) is 5.75. The molecule has 0 aliphatic carbocycles. The van der Waals surface area contributed by atoms with Crippen molar-refractivity contribution in [3.8, 4) is 0 Å². The second kappa shape index (κ2) is 4.86. The lowest BCUT2D eigenvalue weighted by molar-refractivity contribution is 0.155. The molecule has 0 aromatic heterocycles. The van der Waals surface area contributed by atoms with Crippen molar-refractivity contribution in [2.45, 2.75) is 38.8 Å². The van der Waals surface area contributed by atoms with Gasteiger partial charge in [0.1, 0.15) is 0 Å². The lowest BCUT2D eigenvalue weighted by Crippen LogP contribution is -2.50. The van der Waals surface area contributed by atoms with Crippen LogP contribution in [0.2, 0.25) is 0 Å². The molecule has 1 atom stereocenters. The largest absolute Gasteiger partial charge is 0.465 e. The molecule has 1 aliphatic heterocycles. The Bertz CT molecular complexity index is 288. The first-order valence-electron chi connectivity index (χ1n) is 5.34. The molecule has 0 radical (unpaired) electrons. The summed E-state index contributed by atoms with van der Waals surface area (Å²) in [5, 5.41) is 15.7. The quantitative estimate of drug-likeness (QED) is 0.602. The van der Waals surface area contributed by atoms with E-state index >= 15 is 0 Å². The monoisotopic (exact) mass is 245 g/mol. The standard InChI is InChI=1S/C10H19N3O2S/c1-10(2,3)12-8(16)11-7-4-5-13(6-7)9(14)15/h7H,4-6H2,1-3H3,(H,14,15)(H2,11,12,16)/t7-/m1/s1. The predicted octanol–water partition coefficient (Wildman–Crippen LogP) is 1.00. The molecule has 5 nitrogen and oxygen atoms in total. The zero-order valence-electron chi connectivity index (χ0n) is 9.91. The number of rotatable bonds is 1. The van der Waals surface area contributed by atoms with Crippen LogP contribution in [0.1, 0.15) is 27.2 Å². The van der Waals surface area contributed by atoms with E-state index in [0.29, 0.717) is 18.2 Å². The van der Waals surface area contributed by atoms with Crippen LogP contribution in [0.4, 0.5) is 4.79 Å². The summed E-state index contributed by atoms with van der Waals surface area (Å²) in [6.45, 7) is 7.16. The topological polar surface area (TPSA) is 64.6 Å². The van der Waals surface area contributed by atoms with Crippen molar-refractivity contribution in [3.63, 3.8) is 0 Å². The van der Waals surface area contributed by atoms with Gasteiger partial charge in [-0.3, -0.25) is 0 Å². The van der Waals surface area contributed by atoms with Crippen LogP contribution in [0.3, 0.4) is 0 Å². The molecular formula is C10H19N3O2S. The van der Waals surface area contributed by atoms with Crippen LogP contribution in [0.5, 0.6) is 0 Å². The van der Waals surface area contributed by atoms with Crippen molar-refractivity contribution in [2.75, 3.05) is 13.1 Å². The van der Waals surface area contributed by atoms with Crippen LogP contribution in [0, 0.1) is 0 Å². The van der Waals surface area contributed by atoms with Gasteiger partial charge in [0, 0.05) is 24.7 Å². The summed E-state index contributed by atoms with van der Waals surface area (Å²) in [4.78, 5) is 12.1. The van der Waals surface area contributed by atoms with Gasteiger partial charge in [0.2, 0.25) is 0 Å². The molecular weight excluding hydrogens is 226 g/mol. The van der Waals surface area contributed by atoms with E-state index in [1.165, 1.54) is 4.90 Å². The number of hydrogen-bond acceptors (Lipinski definition) is 2. The van der Waals surface area contributed by atoms with Gasteiger partial charge in [-0.05, 0) is 39.4 Å². The molecule has 1 amide bonds. The maximum atomic E-state index is 10.7. The Labute approximate surface area is 101 Å². The van der Waals surface area contributed by atoms with E-state index in [1.54, 1.807) is 0 Å². The Morgan fingerprint density at radius 2 is 2.12 bits per heavy atom. The van der Waals surface area contributed by atoms with Gasteiger partial charge < -0.3 is 20.6 Å². The molecule has 0 spiro atoms. The fraction of sp³-hybridized carbons (Fsp3) is 0.800. The van der Waals surface area contributed by atoms with Crippen LogP contribution >= 0.6 is 12.2 Å². The number of hydrogen-bond donors (Lipinski definition) is 3. The zero-order chi connectivity index (χ0) is 12.3. The molecule has 3 N–H and O–H groups in total. The Morgan fingerprint density at radius 3 is 2.56 bits per heavy atom. The maximum absolute atomic E-state index is 10.7. The van der Waals surface area contributed by atoms with Crippen LogP contribution in [-0.4, -0.2) is 45.9 Å². The maximum Gasteiger partial charge on any atom is 0.407 e. The minimum atomic E-state index is -0.862. The SMILES string of the molecule is CC(C)(C)NC(=S)N[C@@H]1CCN(C(=O)O)C1. The highest BCUT2D eigenvalue weighted by Gasteiger charge is 2.26. The van der Waals surface area contributed by atoms with Crippen molar-refractivity contribution < 1.29 is 9.90 Å². The Balaban J connectivity index is 2.34. The number of carboxylic acid groups (broad SMARTS) is 1. The molecule has 0 saturated carbocycles. The highest BCUT2D eigenvalue weighted by molar-refractivity contribution is 7.80. The van der Waals surface area contributed by atoms with Gasteiger partial charge in [-0.15, -0.1) is 0 Å².